The molecular formula is C44H46F4N6O8S4. The van der Waals surface area contributed by atoms with Crippen LogP contribution in [-0.2, 0) is 32.9 Å². The molecule has 2 fully saturated rings. The Labute approximate surface area is 388 Å². The molecule has 4 heterocycles. The van der Waals surface area contributed by atoms with Crippen LogP contribution >= 0.6 is 22.7 Å². The third-order valence-corrected chi connectivity index (χ3v) is 16.5. The Morgan fingerprint density at radius 3 is 1.36 bits per heavy atom. The highest BCUT2D eigenvalue weighted by atomic mass is 32.2. The number of aromatic nitrogens is 2. The molecule has 66 heavy (non-hydrogen) atoms. The summed E-state index contributed by atoms with van der Waals surface area (Å²) < 4.78 is 129. The summed E-state index contributed by atoms with van der Waals surface area (Å²) in [6, 6.07) is 16.4. The molecule has 2 saturated heterocycles. The first-order valence-corrected chi connectivity index (χ1v) is 25.0. The predicted molar refractivity (Wildman–Crippen MR) is 244 cm³/mol. The van der Waals surface area contributed by atoms with E-state index < -0.39 is 53.1 Å². The summed E-state index contributed by atoms with van der Waals surface area (Å²) >= 11 is 2.98. The highest BCUT2D eigenvalue weighted by molar-refractivity contribution is 7.89. The van der Waals surface area contributed by atoms with Gasteiger partial charge in [0.05, 0.1) is 39.8 Å². The van der Waals surface area contributed by atoms with Gasteiger partial charge in [0.2, 0.25) is 20.0 Å². The molecule has 0 N–H and O–H groups in total. The molecule has 14 nitrogen and oxygen atoms in total. The SMILES string of the molecule is COc1cc(Cc2csc(N3CCN(S(=O)(=O)c4ccc(F)cc4F)CC3)n2)cc(OC)c1.COc1ccc(Cc2csc(N3CCN(S(=O)(=O)c4ccc(F)cc4F)CC3)n2)cc1OC. The molecule has 0 atom stereocenters. The molecular weight excluding hydrogens is 945 g/mol. The zero-order chi connectivity index (χ0) is 47.2. The maximum atomic E-state index is 14.0. The van der Waals surface area contributed by atoms with Gasteiger partial charge in [-0.3, -0.25) is 0 Å². The van der Waals surface area contributed by atoms with Crippen molar-refractivity contribution in [1.29, 1.82) is 0 Å². The average Bonchev–Trinajstić information content (AvgIpc) is 3.99. The molecule has 2 aliphatic heterocycles. The molecule has 4 aromatic carbocycles. The minimum atomic E-state index is -4.04. The molecule has 2 aromatic heterocycles. The zero-order valence-electron chi connectivity index (χ0n) is 36.2. The lowest BCUT2D eigenvalue weighted by Crippen LogP contribution is -2.48. The van der Waals surface area contributed by atoms with Gasteiger partial charge < -0.3 is 28.7 Å². The topological polar surface area (TPSA) is 144 Å². The van der Waals surface area contributed by atoms with Crippen LogP contribution in [0.3, 0.4) is 0 Å². The van der Waals surface area contributed by atoms with E-state index in [1.807, 2.05) is 50.9 Å². The normalized spacial score (nSPS) is 15.0. The Kier molecular flexibility index (Phi) is 15.4. The molecule has 352 valence electrons. The molecule has 0 radical (unpaired) electrons. The number of piperazine rings is 2. The molecule has 8 rings (SSSR count). The Morgan fingerprint density at radius 1 is 0.515 bits per heavy atom. The van der Waals surface area contributed by atoms with Crippen molar-refractivity contribution >= 4 is 53.0 Å². The summed E-state index contributed by atoms with van der Waals surface area (Å²) in [5.74, 6) is -1.08. The van der Waals surface area contributed by atoms with Crippen LogP contribution in [0.2, 0.25) is 0 Å². The second-order valence-corrected chi connectivity index (χ2v) is 20.4. The predicted octanol–water partition coefficient (Wildman–Crippen LogP) is 7.08. The van der Waals surface area contributed by atoms with Crippen molar-refractivity contribution in [3.63, 3.8) is 0 Å². The lowest BCUT2D eigenvalue weighted by Gasteiger charge is -2.33. The summed E-state index contributed by atoms with van der Waals surface area (Å²) in [6.45, 7) is 2.41. The Hall–Kier alpha value is -5.52. The van der Waals surface area contributed by atoms with Gasteiger partial charge in [-0.15, -0.1) is 22.7 Å². The van der Waals surface area contributed by atoms with Gasteiger partial charge in [-0.05, 0) is 59.7 Å². The molecule has 0 unspecified atom stereocenters. The number of hydrogen-bond donors (Lipinski definition) is 0. The van der Waals surface area contributed by atoms with Gasteiger partial charge >= 0.3 is 0 Å². The van der Waals surface area contributed by atoms with Gasteiger partial charge in [-0.2, -0.15) is 8.61 Å². The van der Waals surface area contributed by atoms with Crippen LogP contribution in [-0.4, -0.2) is 116 Å². The maximum absolute atomic E-state index is 14.0. The summed E-state index contributed by atoms with van der Waals surface area (Å²) in [4.78, 5) is 12.4. The van der Waals surface area contributed by atoms with Crippen molar-refractivity contribution in [1.82, 2.24) is 18.6 Å². The maximum Gasteiger partial charge on any atom is 0.246 e. The number of hydrogen-bond acceptors (Lipinski definition) is 14. The molecule has 0 bridgehead atoms. The van der Waals surface area contributed by atoms with Crippen molar-refractivity contribution in [2.24, 2.45) is 0 Å². The summed E-state index contributed by atoms with van der Waals surface area (Å²) in [6.07, 6.45) is 1.22. The Balaban J connectivity index is 0.000000196. The van der Waals surface area contributed by atoms with Crippen LogP contribution in [0, 0.1) is 23.3 Å². The summed E-state index contributed by atoms with van der Waals surface area (Å²) in [5, 5.41) is 5.54. The smallest absolute Gasteiger partial charge is 0.246 e. The molecule has 22 heteroatoms. The lowest BCUT2D eigenvalue weighted by molar-refractivity contribution is 0.354. The largest absolute Gasteiger partial charge is 0.497 e. The number of halogens is 4. The fourth-order valence-electron chi connectivity index (χ4n) is 7.31. The first-order chi connectivity index (χ1) is 31.6. The van der Waals surface area contributed by atoms with Crippen LogP contribution in [0.25, 0.3) is 0 Å². The van der Waals surface area contributed by atoms with E-state index in [1.165, 1.54) is 31.3 Å². The van der Waals surface area contributed by atoms with E-state index in [9.17, 15) is 34.4 Å². The highest BCUT2D eigenvalue weighted by Gasteiger charge is 2.33. The van der Waals surface area contributed by atoms with Gasteiger partial charge in [0.1, 0.15) is 44.6 Å². The fourth-order valence-corrected chi connectivity index (χ4v) is 12.0. The van der Waals surface area contributed by atoms with Gasteiger partial charge in [0.15, 0.2) is 21.8 Å². The third-order valence-electron chi connectivity index (χ3n) is 10.8. The van der Waals surface area contributed by atoms with Crippen molar-refractivity contribution in [3.05, 3.63) is 129 Å². The Bertz CT molecular complexity index is 2850. The summed E-state index contributed by atoms with van der Waals surface area (Å²) in [5.41, 5.74) is 3.81. The van der Waals surface area contributed by atoms with Crippen molar-refractivity contribution in [2.75, 3.05) is 90.6 Å². The van der Waals surface area contributed by atoms with E-state index in [4.69, 9.17) is 28.9 Å². The van der Waals surface area contributed by atoms with E-state index >= 15 is 0 Å². The van der Waals surface area contributed by atoms with Crippen LogP contribution in [0.15, 0.2) is 93.3 Å². The lowest BCUT2D eigenvalue weighted by atomic mass is 10.1. The molecule has 0 aliphatic carbocycles. The fraction of sp³-hybridized carbons (Fsp3) is 0.318. The number of ether oxygens (including phenoxy) is 4. The van der Waals surface area contributed by atoms with Crippen LogP contribution in [0.1, 0.15) is 22.5 Å². The highest BCUT2D eigenvalue weighted by Crippen LogP contribution is 2.32. The van der Waals surface area contributed by atoms with E-state index in [1.54, 1.807) is 34.5 Å². The number of benzene rings is 4. The first kappa shape index (κ1) is 48.4. The van der Waals surface area contributed by atoms with E-state index in [0.717, 1.165) is 57.0 Å². The van der Waals surface area contributed by atoms with E-state index in [0.29, 0.717) is 74.2 Å². The molecule has 0 saturated carbocycles. The number of nitrogens with zero attached hydrogens (tertiary/aromatic N) is 6. The second kappa shape index (κ2) is 21.0. The van der Waals surface area contributed by atoms with Crippen molar-refractivity contribution in [3.8, 4) is 23.0 Å². The molecule has 2 aliphatic rings. The first-order valence-electron chi connectivity index (χ1n) is 20.3. The van der Waals surface area contributed by atoms with E-state index in [2.05, 4.69) is 0 Å². The van der Waals surface area contributed by atoms with Gasteiger partial charge in [-0.25, -0.2) is 44.4 Å². The van der Waals surface area contributed by atoms with Crippen LogP contribution in [0.5, 0.6) is 23.0 Å². The van der Waals surface area contributed by atoms with E-state index in [-0.39, 0.29) is 26.2 Å². The number of methoxy groups -OCH3 is 4. The van der Waals surface area contributed by atoms with Crippen LogP contribution < -0.4 is 28.7 Å². The summed E-state index contributed by atoms with van der Waals surface area (Å²) in [7, 11) is -1.70. The second-order valence-electron chi connectivity index (χ2n) is 14.9. The number of rotatable bonds is 14. The number of anilines is 2. The quantitative estimate of drug-likeness (QED) is 0.103. The Morgan fingerprint density at radius 2 is 0.955 bits per heavy atom. The molecule has 6 aromatic rings. The van der Waals surface area contributed by atoms with Gasteiger partial charge in [-0.1, -0.05) is 6.07 Å². The van der Waals surface area contributed by atoms with Crippen molar-refractivity contribution in [2.45, 2.75) is 22.6 Å². The number of sulfonamides is 2. The monoisotopic (exact) mass is 990 g/mol. The minimum Gasteiger partial charge on any atom is -0.497 e. The van der Waals surface area contributed by atoms with Gasteiger partial charge in [0, 0.05) is 94.2 Å². The third kappa shape index (κ3) is 11.2. The number of thiazole rings is 2. The minimum absolute atomic E-state index is 0.182. The standard InChI is InChI=1S/2C22H23F2N3O4S2/c1-30-19-5-3-15(12-20(19)31-2)11-17-14-32-22(25-17)26-7-9-27(10-8-26)33(28,29)21-6-4-16(23)13-18(21)24;1-30-18-10-15(11-19(13-18)31-2)9-17-14-32-22(25-17)26-5-7-27(8-6-26)33(28,29)21-4-3-16(23)12-20(21)24/h3-6,12-14H,7-11H2,1-2H3;3-4,10-14H,5-9H2,1-2H3. The average molecular weight is 991 g/mol. The van der Waals surface area contributed by atoms with Crippen molar-refractivity contribution < 1.29 is 53.3 Å². The zero-order valence-corrected chi connectivity index (χ0v) is 39.5. The molecule has 0 spiro atoms. The van der Waals surface area contributed by atoms with Crippen LogP contribution in [0.4, 0.5) is 27.8 Å². The van der Waals surface area contributed by atoms with Gasteiger partial charge in [0.25, 0.3) is 0 Å². The molecule has 0 amide bonds.